The number of nitrogens with two attached hydrogens (primary N) is 1. The van der Waals surface area contributed by atoms with Gasteiger partial charge in [-0.25, -0.2) is 17.8 Å². The Morgan fingerprint density at radius 1 is 1.30 bits per heavy atom. The van der Waals surface area contributed by atoms with E-state index in [2.05, 4.69) is 9.71 Å². The molecule has 0 atom stereocenters. The van der Waals surface area contributed by atoms with Crippen LogP contribution in [-0.2, 0) is 10.0 Å². The van der Waals surface area contributed by atoms with E-state index in [9.17, 15) is 12.8 Å². The molecule has 3 N–H and O–H groups in total. The topological polar surface area (TPSA) is 109 Å². The van der Waals surface area contributed by atoms with Crippen LogP contribution >= 0.6 is 0 Å². The van der Waals surface area contributed by atoms with Crippen LogP contribution in [0.1, 0.15) is 5.56 Å². The summed E-state index contributed by atoms with van der Waals surface area (Å²) < 4.78 is 39.3. The van der Waals surface area contributed by atoms with E-state index in [0.717, 1.165) is 18.3 Å². The first-order valence-corrected chi connectivity index (χ1v) is 6.85. The first kappa shape index (κ1) is 13.8. The van der Waals surface area contributed by atoms with Crippen molar-refractivity contribution >= 4 is 21.5 Å². The van der Waals surface area contributed by atoms with E-state index in [0.29, 0.717) is 0 Å². The number of pyridine rings is 1. The molecule has 0 spiro atoms. The normalized spacial score (nSPS) is 10.8. The molecule has 6 nitrogen and oxygen atoms in total. The number of hydrogen-bond donors (Lipinski definition) is 2. The number of aromatic nitrogens is 1. The van der Waals surface area contributed by atoms with Crippen LogP contribution in [0.2, 0.25) is 0 Å². The number of halogens is 1. The summed E-state index contributed by atoms with van der Waals surface area (Å²) in [5.74, 6) is -0.443. The van der Waals surface area contributed by atoms with Gasteiger partial charge >= 0.3 is 0 Å². The smallest absolute Gasteiger partial charge is 0.263 e. The molecule has 0 aliphatic heterocycles. The van der Waals surface area contributed by atoms with E-state index in [1.807, 2.05) is 0 Å². The Bertz CT molecular complexity index is 782. The highest BCUT2D eigenvalue weighted by Gasteiger charge is 2.16. The van der Waals surface area contributed by atoms with Crippen LogP contribution in [0.25, 0.3) is 0 Å². The molecule has 1 aromatic heterocycles. The molecule has 2 aromatic rings. The summed E-state index contributed by atoms with van der Waals surface area (Å²) in [4.78, 5) is 3.57. The number of anilines is 2. The van der Waals surface area contributed by atoms with Crippen molar-refractivity contribution in [3.05, 3.63) is 47.9 Å². The molecule has 0 amide bonds. The predicted molar refractivity (Wildman–Crippen MR) is 70.6 cm³/mol. The Hall–Kier alpha value is -2.66. The molecule has 0 radical (unpaired) electrons. The fourth-order valence-electron chi connectivity index (χ4n) is 1.45. The standard InChI is InChI=1S/C12H9FN4O2S/c13-9-1-3-11(8(5-9)6-14)17-20(18,19)10-2-4-12(15)16-7-10/h1-5,7,17H,(H2,15,16). The molecule has 0 unspecified atom stereocenters. The van der Waals surface area contributed by atoms with Crippen molar-refractivity contribution in [3.63, 3.8) is 0 Å². The first-order chi connectivity index (χ1) is 9.42. The number of nitrogen functional groups attached to an aromatic ring is 1. The zero-order valence-corrected chi connectivity index (χ0v) is 10.9. The second-order valence-electron chi connectivity index (χ2n) is 3.83. The third-order valence-corrected chi connectivity index (χ3v) is 3.77. The van der Waals surface area contributed by atoms with Gasteiger partial charge in [-0.3, -0.25) is 4.72 Å². The van der Waals surface area contributed by atoms with E-state index in [1.54, 1.807) is 6.07 Å². The van der Waals surface area contributed by atoms with Crippen LogP contribution in [0.5, 0.6) is 0 Å². The van der Waals surface area contributed by atoms with Crippen LogP contribution in [0, 0.1) is 17.1 Å². The lowest BCUT2D eigenvalue weighted by Gasteiger charge is -2.09. The number of benzene rings is 1. The summed E-state index contributed by atoms with van der Waals surface area (Å²) in [5.41, 5.74) is 5.25. The van der Waals surface area contributed by atoms with Crippen molar-refractivity contribution in [2.75, 3.05) is 10.5 Å². The average molecular weight is 292 g/mol. The second kappa shape index (κ2) is 5.14. The van der Waals surface area contributed by atoms with Gasteiger partial charge in [0.25, 0.3) is 10.0 Å². The molecule has 0 aliphatic rings. The Balaban J connectivity index is 2.39. The molecular formula is C12H9FN4O2S. The third kappa shape index (κ3) is 2.84. The molecule has 0 aliphatic carbocycles. The Labute approximate surface area is 114 Å². The van der Waals surface area contributed by atoms with Crippen molar-refractivity contribution in [3.8, 4) is 6.07 Å². The van der Waals surface area contributed by atoms with Gasteiger partial charge in [0.2, 0.25) is 0 Å². The molecule has 2 rings (SSSR count). The lowest BCUT2D eigenvalue weighted by atomic mass is 10.2. The molecule has 1 aromatic carbocycles. The van der Waals surface area contributed by atoms with Crippen LogP contribution < -0.4 is 10.5 Å². The maximum Gasteiger partial charge on any atom is 0.263 e. The summed E-state index contributed by atoms with van der Waals surface area (Å²) in [6.07, 6.45) is 1.09. The minimum absolute atomic E-state index is 0.00859. The largest absolute Gasteiger partial charge is 0.384 e. The molecule has 0 fully saturated rings. The minimum atomic E-state index is -3.92. The molecular weight excluding hydrogens is 283 g/mol. The number of rotatable bonds is 3. The number of nitriles is 1. The van der Waals surface area contributed by atoms with Gasteiger partial charge in [0, 0.05) is 6.20 Å². The van der Waals surface area contributed by atoms with E-state index >= 15 is 0 Å². The summed E-state index contributed by atoms with van der Waals surface area (Å²) in [6.45, 7) is 0. The van der Waals surface area contributed by atoms with Crippen molar-refractivity contribution in [2.45, 2.75) is 4.90 Å². The Kier molecular flexibility index (Phi) is 3.54. The molecule has 20 heavy (non-hydrogen) atoms. The van der Waals surface area contributed by atoms with Crippen LogP contribution in [0.15, 0.2) is 41.4 Å². The van der Waals surface area contributed by atoms with Crippen LogP contribution in [0.4, 0.5) is 15.9 Å². The maximum atomic E-state index is 13.0. The summed E-state index contributed by atoms with van der Waals surface area (Å²) in [5, 5.41) is 8.87. The number of nitrogens with one attached hydrogen (secondary N) is 1. The number of sulfonamides is 1. The lowest BCUT2D eigenvalue weighted by molar-refractivity contribution is 0.600. The summed E-state index contributed by atoms with van der Waals surface area (Å²) >= 11 is 0. The van der Waals surface area contributed by atoms with E-state index in [4.69, 9.17) is 11.0 Å². The Morgan fingerprint density at radius 2 is 2.05 bits per heavy atom. The average Bonchev–Trinajstić information content (AvgIpc) is 2.41. The zero-order chi connectivity index (χ0) is 14.8. The summed E-state index contributed by atoms with van der Waals surface area (Å²) in [6, 6.07) is 7.51. The lowest BCUT2D eigenvalue weighted by Crippen LogP contribution is -2.14. The SMILES string of the molecule is N#Cc1cc(F)ccc1NS(=O)(=O)c1ccc(N)nc1. The predicted octanol–water partition coefficient (Wildman–Crippen LogP) is 1.48. The van der Waals surface area contributed by atoms with E-state index in [-0.39, 0.29) is 22.0 Å². The number of nitrogens with zero attached hydrogens (tertiary/aromatic N) is 2. The molecule has 0 saturated carbocycles. The van der Waals surface area contributed by atoms with Gasteiger partial charge in [0.1, 0.15) is 22.6 Å². The van der Waals surface area contributed by atoms with Gasteiger partial charge in [-0.1, -0.05) is 0 Å². The molecule has 0 saturated heterocycles. The second-order valence-corrected chi connectivity index (χ2v) is 5.51. The fraction of sp³-hybridized carbons (Fsp3) is 0. The van der Waals surface area contributed by atoms with Gasteiger partial charge in [0.15, 0.2) is 0 Å². The summed E-state index contributed by atoms with van der Waals surface area (Å²) in [7, 11) is -3.92. The van der Waals surface area contributed by atoms with E-state index < -0.39 is 15.8 Å². The van der Waals surface area contributed by atoms with Crippen molar-refractivity contribution in [2.24, 2.45) is 0 Å². The van der Waals surface area contributed by atoms with Gasteiger partial charge in [-0.05, 0) is 30.3 Å². The van der Waals surface area contributed by atoms with Crippen LogP contribution in [0.3, 0.4) is 0 Å². The van der Waals surface area contributed by atoms with Gasteiger partial charge in [-0.2, -0.15) is 5.26 Å². The van der Waals surface area contributed by atoms with Gasteiger partial charge < -0.3 is 5.73 Å². The molecule has 102 valence electrons. The first-order valence-electron chi connectivity index (χ1n) is 5.36. The van der Waals surface area contributed by atoms with Gasteiger partial charge in [0.05, 0.1) is 11.3 Å². The highest BCUT2D eigenvalue weighted by atomic mass is 32.2. The number of hydrogen-bond acceptors (Lipinski definition) is 5. The Morgan fingerprint density at radius 3 is 2.65 bits per heavy atom. The monoisotopic (exact) mass is 292 g/mol. The zero-order valence-electron chi connectivity index (χ0n) is 10.0. The highest BCUT2D eigenvalue weighted by molar-refractivity contribution is 7.92. The molecule has 8 heteroatoms. The molecule has 0 bridgehead atoms. The van der Waals surface area contributed by atoms with Crippen molar-refractivity contribution < 1.29 is 12.8 Å². The van der Waals surface area contributed by atoms with Crippen molar-refractivity contribution in [1.82, 2.24) is 4.98 Å². The van der Waals surface area contributed by atoms with E-state index in [1.165, 1.54) is 18.2 Å². The van der Waals surface area contributed by atoms with Gasteiger partial charge in [-0.15, -0.1) is 0 Å². The minimum Gasteiger partial charge on any atom is -0.384 e. The van der Waals surface area contributed by atoms with Crippen molar-refractivity contribution in [1.29, 1.82) is 5.26 Å². The molecule has 1 heterocycles. The van der Waals surface area contributed by atoms with Crippen LogP contribution in [-0.4, -0.2) is 13.4 Å². The third-order valence-electron chi connectivity index (χ3n) is 2.42. The maximum absolute atomic E-state index is 13.0. The highest BCUT2D eigenvalue weighted by Crippen LogP contribution is 2.20. The quantitative estimate of drug-likeness (QED) is 0.890. The fourth-order valence-corrected chi connectivity index (χ4v) is 2.48.